The molecule has 0 spiro atoms. The van der Waals surface area contributed by atoms with Crippen molar-refractivity contribution in [1.29, 1.82) is 0 Å². The van der Waals surface area contributed by atoms with Gasteiger partial charge in [0.25, 0.3) is 0 Å². The van der Waals surface area contributed by atoms with E-state index in [4.69, 9.17) is 0 Å². The average Bonchev–Trinajstić information content (AvgIpc) is 2.35. The van der Waals surface area contributed by atoms with Gasteiger partial charge >= 0.3 is 0 Å². The third kappa shape index (κ3) is 4.97. The summed E-state index contributed by atoms with van der Waals surface area (Å²) in [6, 6.07) is 8.12. The van der Waals surface area contributed by atoms with Gasteiger partial charge in [0, 0.05) is 5.69 Å². The molecule has 98 valence electrons. The molecule has 0 radical (unpaired) electrons. The first-order valence-electron chi connectivity index (χ1n) is 6.02. The summed E-state index contributed by atoms with van der Waals surface area (Å²) in [6.07, 6.45) is 0.765. The summed E-state index contributed by atoms with van der Waals surface area (Å²) in [5.41, 5.74) is 0.662. The lowest BCUT2D eigenvalue weighted by molar-refractivity contribution is -0.682. The second kappa shape index (κ2) is 7.45. The van der Waals surface area contributed by atoms with Gasteiger partial charge < -0.3 is 20.5 Å². The standard InChI is InChI=1S/C13H18N2O3/c1-2-8-14-11(13(17)18)9-12(16)15-10-6-4-3-5-7-10/h3-7,11,14H,2,8-9H2,1H3,(H,15,16)(H,17,18)/t11-/m1/s1. The number of benzene rings is 1. The fourth-order valence-corrected chi connectivity index (χ4v) is 1.56. The summed E-state index contributed by atoms with van der Waals surface area (Å²) in [5.74, 6) is -1.52. The molecule has 5 heteroatoms. The molecule has 0 aromatic heterocycles. The Balaban J connectivity index is 2.48. The number of rotatable bonds is 7. The van der Waals surface area contributed by atoms with Gasteiger partial charge in [-0.2, -0.15) is 0 Å². The molecule has 0 fully saturated rings. The zero-order chi connectivity index (χ0) is 13.4. The molecule has 0 heterocycles. The van der Waals surface area contributed by atoms with E-state index in [2.05, 4.69) is 5.32 Å². The number of para-hydroxylation sites is 1. The molecule has 0 aliphatic heterocycles. The van der Waals surface area contributed by atoms with Crippen LogP contribution < -0.4 is 15.7 Å². The van der Waals surface area contributed by atoms with Crippen molar-refractivity contribution in [1.82, 2.24) is 0 Å². The molecule has 0 bridgehead atoms. The van der Waals surface area contributed by atoms with E-state index in [1.165, 1.54) is 0 Å². The molecular weight excluding hydrogens is 232 g/mol. The summed E-state index contributed by atoms with van der Waals surface area (Å²) in [7, 11) is 0. The summed E-state index contributed by atoms with van der Waals surface area (Å²) >= 11 is 0. The van der Waals surface area contributed by atoms with Crippen LogP contribution in [0.5, 0.6) is 0 Å². The van der Waals surface area contributed by atoms with Crippen LogP contribution in [0, 0.1) is 0 Å². The lowest BCUT2D eigenvalue weighted by atomic mass is 10.2. The molecule has 1 aromatic rings. The van der Waals surface area contributed by atoms with Gasteiger partial charge in [-0.25, -0.2) is 0 Å². The Morgan fingerprint density at radius 2 is 2.00 bits per heavy atom. The van der Waals surface area contributed by atoms with Crippen molar-refractivity contribution in [2.75, 3.05) is 11.9 Å². The van der Waals surface area contributed by atoms with Gasteiger partial charge in [0.2, 0.25) is 5.91 Å². The zero-order valence-corrected chi connectivity index (χ0v) is 10.4. The van der Waals surface area contributed by atoms with E-state index in [1.807, 2.05) is 13.0 Å². The SMILES string of the molecule is CCC[NH2+][C@H](CC(=O)Nc1ccccc1)C(=O)[O-]. The van der Waals surface area contributed by atoms with Crippen LogP contribution in [0.1, 0.15) is 19.8 Å². The fourth-order valence-electron chi connectivity index (χ4n) is 1.56. The molecule has 0 aliphatic rings. The molecule has 1 aromatic carbocycles. The highest BCUT2D eigenvalue weighted by molar-refractivity contribution is 5.93. The second-order valence-electron chi connectivity index (χ2n) is 4.07. The number of quaternary nitrogens is 1. The topological polar surface area (TPSA) is 85.8 Å². The maximum atomic E-state index is 11.7. The van der Waals surface area contributed by atoms with Gasteiger partial charge in [0.15, 0.2) is 0 Å². The molecule has 5 nitrogen and oxygen atoms in total. The van der Waals surface area contributed by atoms with Crippen molar-refractivity contribution in [3.63, 3.8) is 0 Å². The monoisotopic (exact) mass is 250 g/mol. The lowest BCUT2D eigenvalue weighted by Crippen LogP contribution is -2.93. The van der Waals surface area contributed by atoms with Crippen molar-refractivity contribution in [2.24, 2.45) is 0 Å². The van der Waals surface area contributed by atoms with E-state index >= 15 is 0 Å². The normalized spacial score (nSPS) is 11.8. The Labute approximate surface area is 106 Å². The number of carboxylic acid groups (broad SMARTS) is 1. The Morgan fingerprint density at radius 3 is 2.56 bits per heavy atom. The summed E-state index contributed by atoms with van der Waals surface area (Å²) in [5, 5.41) is 15.1. The van der Waals surface area contributed by atoms with E-state index in [9.17, 15) is 14.7 Å². The van der Waals surface area contributed by atoms with Crippen molar-refractivity contribution in [3.8, 4) is 0 Å². The largest absolute Gasteiger partial charge is 0.544 e. The first-order valence-corrected chi connectivity index (χ1v) is 6.02. The van der Waals surface area contributed by atoms with Crippen LogP contribution in [-0.2, 0) is 9.59 Å². The Morgan fingerprint density at radius 1 is 1.33 bits per heavy atom. The minimum Gasteiger partial charge on any atom is -0.544 e. The smallest absolute Gasteiger partial charge is 0.230 e. The maximum Gasteiger partial charge on any atom is 0.230 e. The van der Waals surface area contributed by atoms with Gasteiger partial charge in [0.1, 0.15) is 6.04 Å². The molecule has 0 saturated carbocycles. The predicted octanol–water partition coefficient (Wildman–Crippen LogP) is -0.893. The van der Waals surface area contributed by atoms with Crippen molar-refractivity contribution >= 4 is 17.6 Å². The predicted molar refractivity (Wildman–Crippen MR) is 65.6 cm³/mol. The van der Waals surface area contributed by atoms with Gasteiger partial charge in [0.05, 0.1) is 18.9 Å². The number of carbonyl (C=O) groups is 2. The maximum absolute atomic E-state index is 11.7. The highest BCUT2D eigenvalue weighted by Crippen LogP contribution is 2.05. The average molecular weight is 250 g/mol. The minimum absolute atomic E-state index is 0.0861. The minimum atomic E-state index is -1.20. The Hall–Kier alpha value is -1.88. The highest BCUT2D eigenvalue weighted by atomic mass is 16.4. The number of carbonyl (C=O) groups excluding carboxylic acids is 2. The Bertz CT molecular complexity index is 392. The van der Waals surface area contributed by atoms with Crippen LogP contribution in [0.3, 0.4) is 0 Å². The second-order valence-corrected chi connectivity index (χ2v) is 4.07. The van der Waals surface area contributed by atoms with Crippen molar-refractivity contribution in [3.05, 3.63) is 30.3 Å². The van der Waals surface area contributed by atoms with Crippen molar-refractivity contribution < 1.29 is 20.0 Å². The number of nitrogens with one attached hydrogen (secondary N) is 1. The Kier molecular flexibility index (Phi) is 5.87. The number of hydrogen-bond acceptors (Lipinski definition) is 3. The van der Waals surface area contributed by atoms with Gasteiger partial charge in [-0.05, 0) is 18.6 Å². The molecule has 1 atom stereocenters. The number of hydrogen-bond donors (Lipinski definition) is 2. The quantitative estimate of drug-likeness (QED) is 0.658. The van der Waals surface area contributed by atoms with E-state index in [0.29, 0.717) is 12.2 Å². The van der Waals surface area contributed by atoms with Gasteiger partial charge in [-0.3, -0.25) is 4.79 Å². The summed E-state index contributed by atoms with van der Waals surface area (Å²) in [6.45, 7) is 2.62. The van der Waals surface area contributed by atoms with Crippen LogP contribution in [0.25, 0.3) is 0 Å². The zero-order valence-electron chi connectivity index (χ0n) is 10.4. The summed E-state index contributed by atoms with van der Waals surface area (Å²) < 4.78 is 0. The molecule has 18 heavy (non-hydrogen) atoms. The lowest BCUT2D eigenvalue weighted by Gasteiger charge is -2.15. The van der Waals surface area contributed by atoms with Crippen LogP contribution in [-0.4, -0.2) is 24.5 Å². The molecule has 0 saturated heterocycles. The van der Waals surface area contributed by atoms with Gasteiger partial charge in [-0.1, -0.05) is 25.1 Å². The van der Waals surface area contributed by atoms with Crippen LogP contribution in [0.4, 0.5) is 5.69 Å². The van der Waals surface area contributed by atoms with Crippen LogP contribution in [0.2, 0.25) is 0 Å². The van der Waals surface area contributed by atoms with E-state index in [0.717, 1.165) is 6.42 Å². The fraction of sp³-hybridized carbons (Fsp3) is 0.385. The van der Waals surface area contributed by atoms with Crippen LogP contribution >= 0.6 is 0 Å². The van der Waals surface area contributed by atoms with E-state index in [1.54, 1.807) is 29.6 Å². The molecule has 1 amide bonds. The third-order valence-corrected chi connectivity index (χ3v) is 2.51. The van der Waals surface area contributed by atoms with Gasteiger partial charge in [-0.15, -0.1) is 0 Å². The molecule has 0 unspecified atom stereocenters. The van der Waals surface area contributed by atoms with Crippen molar-refractivity contribution in [2.45, 2.75) is 25.8 Å². The molecule has 0 aliphatic carbocycles. The molecule has 1 rings (SSSR count). The highest BCUT2D eigenvalue weighted by Gasteiger charge is 2.17. The first-order chi connectivity index (χ1) is 8.63. The van der Waals surface area contributed by atoms with E-state index in [-0.39, 0.29) is 12.3 Å². The van der Waals surface area contributed by atoms with E-state index < -0.39 is 12.0 Å². The first kappa shape index (κ1) is 14.2. The number of carboxylic acids is 1. The van der Waals surface area contributed by atoms with Crippen LogP contribution in [0.15, 0.2) is 30.3 Å². The number of nitrogens with two attached hydrogens (primary N) is 1. The number of anilines is 1. The number of amides is 1. The molecular formula is C13H18N2O3. The number of aliphatic carboxylic acids is 1. The molecule has 3 N–H and O–H groups in total. The third-order valence-electron chi connectivity index (χ3n) is 2.51. The summed E-state index contributed by atoms with van der Waals surface area (Å²) in [4.78, 5) is 22.5.